The SMILES string of the molecule is CC(C)(C)C(c1nc(-c2ccccc2)cn1Cc1ccccc1)N(CCCNC1CC1)C(=O)c1ccccc1. The predicted molar refractivity (Wildman–Crippen MR) is 159 cm³/mol. The Hall–Kier alpha value is -3.70. The van der Waals surface area contributed by atoms with Crippen molar-refractivity contribution < 1.29 is 4.79 Å². The normalized spacial score (nSPS) is 14.2. The molecule has 0 radical (unpaired) electrons. The fraction of sp³-hybridized carbons (Fsp3) is 0.353. The van der Waals surface area contributed by atoms with Crippen LogP contribution in [0.25, 0.3) is 11.3 Å². The summed E-state index contributed by atoms with van der Waals surface area (Å²) in [5.41, 5.74) is 3.68. The van der Waals surface area contributed by atoms with E-state index >= 15 is 0 Å². The molecule has 1 saturated carbocycles. The van der Waals surface area contributed by atoms with Crippen LogP contribution < -0.4 is 5.32 Å². The molecule has 1 unspecified atom stereocenters. The largest absolute Gasteiger partial charge is 0.328 e. The molecule has 39 heavy (non-hydrogen) atoms. The summed E-state index contributed by atoms with van der Waals surface area (Å²) in [6.07, 6.45) is 5.57. The lowest BCUT2D eigenvalue weighted by Gasteiger charge is -2.40. The molecule has 202 valence electrons. The van der Waals surface area contributed by atoms with E-state index in [0.29, 0.717) is 24.7 Å². The van der Waals surface area contributed by atoms with Crippen molar-refractivity contribution >= 4 is 5.91 Å². The number of nitrogens with zero attached hydrogens (tertiary/aromatic N) is 3. The average Bonchev–Trinajstić information content (AvgIpc) is 3.69. The van der Waals surface area contributed by atoms with Gasteiger partial charge in [-0.2, -0.15) is 0 Å². The molecular weight excluding hydrogens is 480 g/mol. The first-order valence-corrected chi connectivity index (χ1v) is 14.2. The molecule has 5 rings (SSSR count). The van der Waals surface area contributed by atoms with E-state index < -0.39 is 0 Å². The minimum absolute atomic E-state index is 0.0532. The summed E-state index contributed by atoms with van der Waals surface area (Å²) in [5, 5.41) is 3.62. The zero-order valence-electron chi connectivity index (χ0n) is 23.4. The quantitative estimate of drug-likeness (QED) is 0.217. The van der Waals surface area contributed by atoms with Gasteiger partial charge in [0.05, 0.1) is 11.7 Å². The third-order valence-electron chi connectivity index (χ3n) is 7.32. The van der Waals surface area contributed by atoms with E-state index in [0.717, 1.165) is 30.0 Å². The summed E-state index contributed by atoms with van der Waals surface area (Å²) >= 11 is 0. The number of hydrogen-bond acceptors (Lipinski definition) is 3. The van der Waals surface area contributed by atoms with E-state index in [1.165, 1.54) is 18.4 Å². The van der Waals surface area contributed by atoms with E-state index in [1.54, 1.807) is 0 Å². The number of nitrogens with one attached hydrogen (secondary N) is 1. The van der Waals surface area contributed by atoms with Crippen LogP contribution in [0.15, 0.2) is 97.2 Å². The van der Waals surface area contributed by atoms with Gasteiger partial charge in [-0.1, -0.05) is 99.6 Å². The second-order valence-electron chi connectivity index (χ2n) is 11.7. The molecule has 5 heteroatoms. The van der Waals surface area contributed by atoms with Crippen molar-refractivity contribution in [2.75, 3.05) is 13.1 Å². The minimum Gasteiger partial charge on any atom is -0.328 e. The molecule has 0 saturated heterocycles. The Labute approximate surface area is 232 Å². The first kappa shape index (κ1) is 26.9. The van der Waals surface area contributed by atoms with Gasteiger partial charge in [-0.25, -0.2) is 4.98 Å². The number of carbonyl (C=O) groups is 1. The molecule has 1 atom stereocenters. The number of rotatable bonds is 11. The number of imidazole rings is 1. The average molecular weight is 521 g/mol. The molecule has 1 heterocycles. The molecule has 5 nitrogen and oxygen atoms in total. The van der Waals surface area contributed by atoms with Crippen LogP contribution in [0, 0.1) is 5.41 Å². The zero-order valence-corrected chi connectivity index (χ0v) is 23.4. The number of amides is 1. The molecule has 1 aliphatic carbocycles. The summed E-state index contributed by atoms with van der Waals surface area (Å²) in [6.45, 7) is 8.92. The molecule has 1 aliphatic rings. The van der Waals surface area contributed by atoms with Gasteiger partial charge < -0.3 is 14.8 Å². The summed E-state index contributed by atoms with van der Waals surface area (Å²) in [7, 11) is 0. The van der Waals surface area contributed by atoms with Crippen LogP contribution in [0.1, 0.15) is 67.8 Å². The van der Waals surface area contributed by atoms with Crippen molar-refractivity contribution in [1.29, 1.82) is 0 Å². The van der Waals surface area contributed by atoms with Gasteiger partial charge >= 0.3 is 0 Å². The summed E-state index contributed by atoms with van der Waals surface area (Å²) in [6, 6.07) is 30.9. The maximum Gasteiger partial charge on any atom is 0.254 e. The Balaban J connectivity index is 1.57. The Morgan fingerprint density at radius 2 is 1.56 bits per heavy atom. The molecule has 3 aromatic carbocycles. The van der Waals surface area contributed by atoms with Gasteiger partial charge in [0.25, 0.3) is 5.91 Å². The standard InChI is InChI=1S/C34H40N4O/c1-34(2,3)31(38(23-13-22-35-29-20-21-29)33(39)28-18-11-6-12-19-28)32-36-30(27-16-9-5-10-17-27)25-37(32)24-26-14-7-4-8-15-26/h4-12,14-19,25,29,31,35H,13,20-24H2,1-3H3. The molecular formula is C34H40N4O. The van der Waals surface area contributed by atoms with Crippen LogP contribution in [0.4, 0.5) is 0 Å². The molecule has 1 fully saturated rings. The Kier molecular flexibility index (Phi) is 8.27. The lowest BCUT2D eigenvalue weighted by atomic mass is 9.84. The van der Waals surface area contributed by atoms with Gasteiger partial charge in [0.15, 0.2) is 0 Å². The highest BCUT2D eigenvalue weighted by atomic mass is 16.2. The van der Waals surface area contributed by atoms with Crippen LogP contribution in [-0.4, -0.2) is 39.5 Å². The van der Waals surface area contributed by atoms with Crippen LogP contribution in [-0.2, 0) is 6.54 Å². The fourth-order valence-corrected chi connectivity index (χ4v) is 5.23. The first-order valence-electron chi connectivity index (χ1n) is 14.2. The van der Waals surface area contributed by atoms with E-state index in [4.69, 9.17) is 4.98 Å². The molecule has 1 amide bonds. The maximum atomic E-state index is 14.2. The number of aromatic nitrogens is 2. The number of benzene rings is 3. The number of hydrogen-bond donors (Lipinski definition) is 1. The molecule has 1 N–H and O–H groups in total. The highest BCUT2D eigenvalue weighted by molar-refractivity contribution is 5.94. The van der Waals surface area contributed by atoms with Gasteiger partial charge in [-0.3, -0.25) is 4.79 Å². The van der Waals surface area contributed by atoms with Gasteiger partial charge in [0.1, 0.15) is 5.82 Å². The van der Waals surface area contributed by atoms with Gasteiger partial charge in [-0.05, 0) is 48.9 Å². The van der Waals surface area contributed by atoms with Crippen LogP contribution >= 0.6 is 0 Å². The van der Waals surface area contributed by atoms with E-state index in [1.807, 2.05) is 54.6 Å². The monoisotopic (exact) mass is 520 g/mol. The lowest BCUT2D eigenvalue weighted by molar-refractivity contribution is 0.0480. The zero-order chi connectivity index (χ0) is 27.2. The summed E-state index contributed by atoms with van der Waals surface area (Å²) in [4.78, 5) is 21.5. The fourth-order valence-electron chi connectivity index (χ4n) is 5.23. The molecule has 0 bridgehead atoms. The van der Waals surface area contributed by atoms with Crippen molar-refractivity contribution in [3.63, 3.8) is 0 Å². The van der Waals surface area contributed by atoms with Crippen LogP contribution in [0.3, 0.4) is 0 Å². The van der Waals surface area contributed by atoms with Crippen molar-refractivity contribution in [1.82, 2.24) is 19.8 Å². The minimum atomic E-state index is -0.248. The Bertz CT molecular complexity index is 1340. The topological polar surface area (TPSA) is 50.2 Å². The van der Waals surface area contributed by atoms with Crippen molar-refractivity contribution in [2.24, 2.45) is 5.41 Å². The third-order valence-corrected chi connectivity index (χ3v) is 7.32. The number of carbonyl (C=O) groups excluding carboxylic acids is 1. The second-order valence-corrected chi connectivity index (χ2v) is 11.7. The highest BCUT2D eigenvalue weighted by Gasteiger charge is 2.38. The van der Waals surface area contributed by atoms with Crippen molar-refractivity contribution in [3.05, 3.63) is 114 Å². The third kappa shape index (κ3) is 6.85. The van der Waals surface area contributed by atoms with Gasteiger partial charge in [0.2, 0.25) is 0 Å². The summed E-state index contributed by atoms with van der Waals surface area (Å²) < 4.78 is 2.25. The first-order chi connectivity index (χ1) is 18.9. The van der Waals surface area contributed by atoms with E-state index in [9.17, 15) is 4.79 Å². The lowest BCUT2D eigenvalue weighted by Crippen LogP contribution is -2.43. The van der Waals surface area contributed by atoms with Crippen LogP contribution in [0.2, 0.25) is 0 Å². The molecule has 1 aromatic heterocycles. The van der Waals surface area contributed by atoms with Crippen molar-refractivity contribution in [3.8, 4) is 11.3 Å². The Morgan fingerprint density at radius 3 is 2.18 bits per heavy atom. The van der Waals surface area contributed by atoms with E-state index in [2.05, 4.69) is 78.2 Å². The second kappa shape index (κ2) is 12.0. The van der Waals surface area contributed by atoms with E-state index in [-0.39, 0.29) is 17.4 Å². The molecule has 0 spiro atoms. The highest BCUT2D eigenvalue weighted by Crippen LogP contribution is 2.40. The van der Waals surface area contributed by atoms with Gasteiger partial charge in [-0.15, -0.1) is 0 Å². The smallest absolute Gasteiger partial charge is 0.254 e. The predicted octanol–water partition coefficient (Wildman–Crippen LogP) is 6.97. The molecule has 0 aliphatic heterocycles. The Morgan fingerprint density at radius 1 is 0.949 bits per heavy atom. The molecule has 4 aromatic rings. The summed E-state index contributed by atoms with van der Waals surface area (Å²) in [5.74, 6) is 0.974. The van der Waals surface area contributed by atoms with Crippen molar-refractivity contribution in [2.45, 2.75) is 58.7 Å². The maximum absolute atomic E-state index is 14.2. The van der Waals surface area contributed by atoms with Crippen LogP contribution in [0.5, 0.6) is 0 Å². The van der Waals surface area contributed by atoms with Gasteiger partial charge in [0, 0.05) is 36.5 Å².